The van der Waals surface area contributed by atoms with E-state index in [0.717, 1.165) is 11.1 Å². The largest absolute Gasteiger partial charge is 0.489 e. The van der Waals surface area contributed by atoms with Gasteiger partial charge in [0.05, 0.1) is 11.3 Å². The third kappa shape index (κ3) is 5.35. The van der Waals surface area contributed by atoms with Crippen LogP contribution in [0.4, 0.5) is 10.5 Å². The monoisotopic (exact) mass is 377 g/mol. The molecule has 6 heteroatoms. The first kappa shape index (κ1) is 19.0. The van der Waals surface area contributed by atoms with Crippen LogP contribution >= 0.6 is 0 Å². The van der Waals surface area contributed by atoms with Crippen LogP contribution in [0.5, 0.6) is 5.75 Å². The average Bonchev–Trinajstić information content (AvgIpc) is 2.72. The summed E-state index contributed by atoms with van der Waals surface area (Å²) in [5, 5.41) is 11.8. The molecule has 0 aromatic heterocycles. The highest BCUT2D eigenvalue weighted by Gasteiger charge is 2.15. The molecular weight excluding hydrogens is 358 g/mol. The van der Waals surface area contributed by atoms with E-state index in [2.05, 4.69) is 5.32 Å². The molecule has 142 valence electrons. The van der Waals surface area contributed by atoms with E-state index >= 15 is 0 Å². The molecule has 0 fully saturated rings. The average molecular weight is 377 g/mol. The third-order valence-electron chi connectivity index (χ3n) is 3.92. The fraction of sp³-hybridized carbons (Fsp3) is 0.0909. The normalized spacial score (nSPS) is 10.1. The molecule has 0 radical (unpaired) electrons. The van der Waals surface area contributed by atoms with Gasteiger partial charge < -0.3 is 14.6 Å². The van der Waals surface area contributed by atoms with Crippen molar-refractivity contribution in [1.29, 1.82) is 0 Å². The lowest BCUT2D eigenvalue weighted by Crippen LogP contribution is -2.16. The van der Waals surface area contributed by atoms with Crippen molar-refractivity contribution in [1.82, 2.24) is 0 Å². The van der Waals surface area contributed by atoms with Crippen LogP contribution in [-0.2, 0) is 18.0 Å². The lowest BCUT2D eigenvalue weighted by molar-refractivity contribution is 0.0698. The van der Waals surface area contributed by atoms with E-state index in [1.807, 2.05) is 60.7 Å². The van der Waals surface area contributed by atoms with Crippen molar-refractivity contribution >= 4 is 17.7 Å². The highest BCUT2D eigenvalue weighted by Crippen LogP contribution is 2.24. The molecule has 3 aromatic rings. The summed E-state index contributed by atoms with van der Waals surface area (Å²) >= 11 is 0. The van der Waals surface area contributed by atoms with Gasteiger partial charge in [0.15, 0.2) is 0 Å². The highest BCUT2D eigenvalue weighted by atomic mass is 16.5. The molecule has 28 heavy (non-hydrogen) atoms. The summed E-state index contributed by atoms with van der Waals surface area (Å²) in [4.78, 5) is 23.5. The number of hydrogen-bond acceptors (Lipinski definition) is 4. The van der Waals surface area contributed by atoms with Gasteiger partial charge in [-0.25, -0.2) is 9.59 Å². The maximum absolute atomic E-state index is 12.1. The van der Waals surface area contributed by atoms with Crippen LogP contribution in [0.1, 0.15) is 21.5 Å². The predicted octanol–water partition coefficient (Wildman–Crippen LogP) is 4.71. The highest BCUT2D eigenvalue weighted by molar-refractivity contribution is 5.99. The minimum Gasteiger partial charge on any atom is -0.489 e. The second-order valence-electron chi connectivity index (χ2n) is 5.97. The topological polar surface area (TPSA) is 84.9 Å². The molecule has 0 bridgehead atoms. The Morgan fingerprint density at radius 2 is 1.43 bits per heavy atom. The van der Waals surface area contributed by atoms with Gasteiger partial charge >= 0.3 is 12.1 Å². The van der Waals surface area contributed by atoms with Gasteiger partial charge in [0.2, 0.25) is 0 Å². The summed E-state index contributed by atoms with van der Waals surface area (Å²) in [6.07, 6.45) is -0.744. The molecular formula is C22H19NO5. The predicted molar refractivity (Wildman–Crippen MR) is 104 cm³/mol. The molecule has 0 saturated carbocycles. The van der Waals surface area contributed by atoms with E-state index in [4.69, 9.17) is 9.47 Å². The molecule has 0 heterocycles. The van der Waals surface area contributed by atoms with Gasteiger partial charge in [-0.05, 0) is 23.3 Å². The van der Waals surface area contributed by atoms with Crippen molar-refractivity contribution in [2.45, 2.75) is 13.2 Å². The van der Waals surface area contributed by atoms with Crippen LogP contribution in [0, 0.1) is 0 Å². The van der Waals surface area contributed by atoms with Crippen molar-refractivity contribution in [2.24, 2.45) is 0 Å². The van der Waals surface area contributed by atoms with E-state index in [1.54, 1.807) is 6.07 Å². The zero-order valence-electron chi connectivity index (χ0n) is 15.0. The molecule has 0 aliphatic heterocycles. The van der Waals surface area contributed by atoms with E-state index in [0.29, 0.717) is 12.4 Å². The fourth-order valence-corrected chi connectivity index (χ4v) is 2.51. The number of hydrogen-bond donors (Lipinski definition) is 2. The van der Waals surface area contributed by atoms with Gasteiger partial charge in [-0.1, -0.05) is 60.7 Å². The first-order valence-corrected chi connectivity index (χ1v) is 8.63. The molecule has 1 amide bonds. The quantitative estimate of drug-likeness (QED) is 0.623. The molecule has 0 saturated heterocycles. The van der Waals surface area contributed by atoms with Gasteiger partial charge in [0.1, 0.15) is 19.0 Å². The number of carboxylic acid groups (broad SMARTS) is 1. The molecule has 6 nitrogen and oxygen atoms in total. The smallest absolute Gasteiger partial charge is 0.411 e. The van der Waals surface area contributed by atoms with Crippen LogP contribution in [-0.4, -0.2) is 17.2 Å². The van der Waals surface area contributed by atoms with E-state index < -0.39 is 12.1 Å². The number of amides is 1. The second-order valence-corrected chi connectivity index (χ2v) is 5.97. The summed E-state index contributed by atoms with van der Waals surface area (Å²) in [6, 6.07) is 23.2. The SMILES string of the molecule is O=C(Nc1cc(OCc2ccccc2)ccc1C(=O)O)OCc1ccccc1. The fourth-order valence-electron chi connectivity index (χ4n) is 2.51. The Bertz CT molecular complexity index is 942. The summed E-state index contributed by atoms with van der Waals surface area (Å²) in [6.45, 7) is 0.407. The van der Waals surface area contributed by atoms with Crippen molar-refractivity contribution < 1.29 is 24.2 Å². The molecule has 0 unspecified atom stereocenters. The Hall–Kier alpha value is -3.80. The van der Waals surface area contributed by atoms with E-state index in [1.165, 1.54) is 12.1 Å². The summed E-state index contributed by atoms with van der Waals surface area (Å²) in [7, 11) is 0. The van der Waals surface area contributed by atoms with Crippen molar-refractivity contribution in [3.05, 3.63) is 95.6 Å². The van der Waals surface area contributed by atoms with E-state index in [-0.39, 0.29) is 17.9 Å². The zero-order chi connectivity index (χ0) is 19.8. The number of carbonyl (C=O) groups is 2. The van der Waals surface area contributed by atoms with Gasteiger partial charge in [0, 0.05) is 6.07 Å². The lowest BCUT2D eigenvalue weighted by Gasteiger charge is -2.12. The standard InChI is InChI=1S/C22H19NO5/c24-21(25)19-12-11-18(27-14-16-7-3-1-4-8-16)13-20(19)23-22(26)28-15-17-9-5-2-6-10-17/h1-13H,14-15H2,(H,23,26)(H,24,25). The maximum Gasteiger partial charge on any atom is 0.411 e. The minimum absolute atomic E-state index is 0.0521. The first-order valence-electron chi connectivity index (χ1n) is 8.63. The summed E-state index contributed by atoms with van der Waals surface area (Å²) in [5.74, 6) is -0.722. The summed E-state index contributed by atoms with van der Waals surface area (Å²) < 4.78 is 10.8. The Morgan fingerprint density at radius 3 is 2.04 bits per heavy atom. The molecule has 0 aliphatic rings. The molecule has 3 aromatic carbocycles. The van der Waals surface area contributed by atoms with Gasteiger partial charge in [-0.2, -0.15) is 0 Å². The van der Waals surface area contributed by atoms with Crippen molar-refractivity contribution in [3.8, 4) is 5.75 Å². The number of nitrogens with one attached hydrogen (secondary N) is 1. The lowest BCUT2D eigenvalue weighted by atomic mass is 10.1. The number of ether oxygens (including phenoxy) is 2. The van der Waals surface area contributed by atoms with Crippen LogP contribution in [0.3, 0.4) is 0 Å². The molecule has 0 spiro atoms. The number of anilines is 1. The Balaban J connectivity index is 1.67. The van der Waals surface area contributed by atoms with Crippen molar-refractivity contribution in [3.63, 3.8) is 0 Å². The van der Waals surface area contributed by atoms with Gasteiger partial charge in [-0.3, -0.25) is 5.32 Å². The van der Waals surface area contributed by atoms with Gasteiger partial charge in [0.25, 0.3) is 0 Å². The van der Waals surface area contributed by atoms with E-state index in [9.17, 15) is 14.7 Å². The molecule has 0 aliphatic carbocycles. The molecule has 0 atom stereocenters. The number of carbonyl (C=O) groups excluding carboxylic acids is 1. The zero-order valence-corrected chi connectivity index (χ0v) is 15.0. The Kier molecular flexibility index (Phi) is 6.25. The number of benzene rings is 3. The third-order valence-corrected chi connectivity index (χ3v) is 3.92. The van der Waals surface area contributed by atoms with Crippen LogP contribution < -0.4 is 10.1 Å². The second kappa shape index (κ2) is 9.23. The Labute approximate surface area is 162 Å². The Morgan fingerprint density at radius 1 is 0.821 bits per heavy atom. The minimum atomic E-state index is -1.16. The number of rotatable bonds is 7. The molecule has 3 rings (SSSR count). The van der Waals surface area contributed by atoms with Crippen LogP contribution in [0.2, 0.25) is 0 Å². The van der Waals surface area contributed by atoms with Crippen LogP contribution in [0.25, 0.3) is 0 Å². The van der Waals surface area contributed by atoms with Crippen molar-refractivity contribution in [2.75, 3.05) is 5.32 Å². The first-order chi connectivity index (χ1) is 13.6. The molecule has 2 N–H and O–H groups in total. The number of aromatic carboxylic acids is 1. The number of carboxylic acids is 1. The summed E-state index contributed by atoms with van der Waals surface area (Å²) in [5.41, 5.74) is 1.86. The van der Waals surface area contributed by atoms with Gasteiger partial charge in [-0.15, -0.1) is 0 Å². The van der Waals surface area contributed by atoms with Crippen LogP contribution in [0.15, 0.2) is 78.9 Å². The maximum atomic E-state index is 12.1.